The summed E-state index contributed by atoms with van der Waals surface area (Å²) >= 11 is 9.10. The van der Waals surface area contributed by atoms with Gasteiger partial charge < -0.3 is 9.84 Å². The predicted molar refractivity (Wildman–Crippen MR) is 77.3 cm³/mol. The number of ether oxygens (including phenoxy) is 1. The standard InChI is InChI=1S/C14H7BrClNO3/c15-9-2-4-13(11(5-9)14(18)19)20-10-3-1-8(7-17)12(16)6-10/h1-6H,(H,18,19). The minimum Gasteiger partial charge on any atom is -0.478 e. The van der Waals surface area contributed by atoms with Gasteiger partial charge in [0, 0.05) is 10.5 Å². The van der Waals surface area contributed by atoms with Crippen molar-refractivity contribution < 1.29 is 14.6 Å². The lowest BCUT2D eigenvalue weighted by atomic mass is 10.2. The van der Waals surface area contributed by atoms with Crippen molar-refractivity contribution in [2.75, 3.05) is 0 Å². The summed E-state index contributed by atoms with van der Waals surface area (Å²) in [5.41, 5.74) is 0.355. The molecule has 6 heteroatoms. The quantitative estimate of drug-likeness (QED) is 0.885. The number of benzene rings is 2. The highest BCUT2D eigenvalue weighted by Crippen LogP contribution is 2.30. The fourth-order valence-electron chi connectivity index (χ4n) is 1.54. The van der Waals surface area contributed by atoms with E-state index in [0.29, 0.717) is 15.8 Å². The second-order valence-corrected chi connectivity index (χ2v) is 5.12. The molecule has 0 fully saturated rings. The van der Waals surface area contributed by atoms with Crippen molar-refractivity contribution >= 4 is 33.5 Å². The zero-order valence-electron chi connectivity index (χ0n) is 9.93. The summed E-state index contributed by atoms with van der Waals surface area (Å²) in [5.74, 6) is -0.540. The average molecular weight is 353 g/mol. The Morgan fingerprint density at radius 2 is 2.05 bits per heavy atom. The van der Waals surface area contributed by atoms with Crippen molar-refractivity contribution in [2.45, 2.75) is 0 Å². The summed E-state index contributed by atoms with van der Waals surface area (Å²) in [6, 6.07) is 11.1. The zero-order chi connectivity index (χ0) is 14.7. The predicted octanol–water partition coefficient (Wildman–Crippen LogP) is 4.46. The SMILES string of the molecule is N#Cc1ccc(Oc2ccc(Br)cc2C(=O)O)cc1Cl. The molecular formula is C14H7BrClNO3. The van der Waals surface area contributed by atoms with Crippen LogP contribution in [0.2, 0.25) is 5.02 Å². The van der Waals surface area contributed by atoms with Crippen LogP contribution in [0.25, 0.3) is 0 Å². The monoisotopic (exact) mass is 351 g/mol. The third kappa shape index (κ3) is 3.10. The van der Waals surface area contributed by atoms with E-state index >= 15 is 0 Å². The number of halogens is 2. The lowest BCUT2D eigenvalue weighted by Crippen LogP contribution is -2.00. The number of rotatable bonds is 3. The molecule has 0 aromatic heterocycles. The van der Waals surface area contributed by atoms with E-state index in [0.717, 1.165) is 0 Å². The van der Waals surface area contributed by atoms with Crippen molar-refractivity contribution in [1.29, 1.82) is 5.26 Å². The normalized spacial score (nSPS) is 9.85. The van der Waals surface area contributed by atoms with Crippen LogP contribution in [-0.2, 0) is 0 Å². The highest BCUT2D eigenvalue weighted by molar-refractivity contribution is 9.10. The van der Waals surface area contributed by atoms with Gasteiger partial charge in [0.2, 0.25) is 0 Å². The Labute approximate surface area is 128 Å². The molecule has 0 bridgehead atoms. The van der Waals surface area contributed by atoms with Crippen LogP contribution in [0.5, 0.6) is 11.5 Å². The molecule has 2 rings (SSSR count). The Bertz CT molecular complexity index is 725. The van der Waals surface area contributed by atoms with E-state index in [1.807, 2.05) is 6.07 Å². The lowest BCUT2D eigenvalue weighted by Gasteiger charge is -2.09. The van der Waals surface area contributed by atoms with Crippen molar-refractivity contribution in [3.8, 4) is 17.6 Å². The molecule has 0 saturated carbocycles. The first-order chi connectivity index (χ1) is 9.51. The van der Waals surface area contributed by atoms with Gasteiger partial charge in [0.15, 0.2) is 0 Å². The van der Waals surface area contributed by atoms with E-state index in [1.165, 1.54) is 18.2 Å². The first kappa shape index (κ1) is 14.4. The van der Waals surface area contributed by atoms with Gasteiger partial charge in [-0.25, -0.2) is 4.79 Å². The summed E-state index contributed by atoms with van der Waals surface area (Å²) in [6.45, 7) is 0. The molecule has 0 spiro atoms. The smallest absolute Gasteiger partial charge is 0.339 e. The zero-order valence-corrected chi connectivity index (χ0v) is 12.3. The Balaban J connectivity index is 2.38. The highest BCUT2D eigenvalue weighted by Gasteiger charge is 2.13. The molecule has 2 aromatic carbocycles. The third-order valence-electron chi connectivity index (χ3n) is 2.46. The van der Waals surface area contributed by atoms with Gasteiger partial charge in [-0.05, 0) is 30.3 Å². The molecule has 0 unspecified atom stereocenters. The van der Waals surface area contributed by atoms with Crippen molar-refractivity contribution in [3.63, 3.8) is 0 Å². The number of carboxylic acids is 1. The maximum atomic E-state index is 11.2. The van der Waals surface area contributed by atoms with E-state index in [1.54, 1.807) is 18.2 Å². The van der Waals surface area contributed by atoms with Crippen molar-refractivity contribution in [3.05, 3.63) is 57.0 Å². The summed E-state index contributed by atoms with van der Waals surface area (Å²) in [4.78, 5) is 11.2. The van der Waals surface area contributed by atoms with Gasteiger partial charge in [-0.2, -0.15) is 5.26 Å². The molecule has 0 radical (unpaired) electrons. The highest BCUT2D eigenvalue weighted by atomic mass is 79.9. The minimum absolute atomic E-state index is 0.0276. The van der Waals surface area contributed by atoms with Gasteiger partial charge in [-0.3, -0.25) is 0 Å². The van der Waals surface area contributed by atoms with Crippen LogP contribution in [0, 0.1) is 11.3 Å². The third-order valence-corrected chi connectivity index (χ3v) is 3.27. The summed E-state index contributed by atoms with van der Waals surface area (Å²) in [7, 11) is 0. The molecule has 0 aliphatic rings. The Morgan fingerprint density at radius 3 is 2.65 bits per heavy atom. The molecule has 100 valence electrons. The van der Waals surface area contributed by atoms with E-state index < -0.39 is 5.97 Å². The van der Waals surface area contributed by atoms with Crippen LogP contribution >= 0.6 is 27.5 Å². The molecular weight excluding hydrogens is 346 g/mol. The molecule has 0 saturated heterocycles. The van der Waals surface area contributed by atoms with Gasteiger partial charge in [0.05, 0.1) is 10.6 Å². The number of carbonyl (C=O) groups is 1. The van der Waals surface area contributed by atoms with Crippen LogP contribution < -0.4 is 4.74 Å². The number of hydrogen-bond acceptors (Lipinski definition) is 3. The minimum atomic E-state index is -1.10. The van der Waals surface area contributed by atoms with Crippen LogP contribution in [0.1, 0.15) is 15.9 Å². The first-order valence-corrected chi connectivity index (χ1v) is 6.58. The lowest BCUT2D eigenvalue weighted by molar-refractivity contribution is 0.0694. The number of carboxylic acid groups (broad SMARTS) is 1. The summed E-state index contributed by atoms with van der Waals surface area (Å²) in [5, 5.41) is 18.2. The number of aromatic carboxylic acids is 1. The Kier molecular flexibility index (Phi) is 4.28. The molecule has 4 nitrogen and oxygen atoms in total. The maximum Gasteiger partial charge on any atom is 0.339 e. The van der Waals surface area contributed by atoms with Crippen LogP contribution in [0.3, 0.4) is 0 Å². The fraction of sp³-hybridized carbons (Fsp3) is 0. The Morgan fingerprint density at radius 1 is 1.30 bits per heavy atom. The van der Waals surface area contributed by atoms with Gasteiger partial charge >= 0.3 is 5.97 Å². The van der Waals surface area contributed by atoms with E-state index in [9.17, 15) is 4.79 Å². The second kappa shape index (κ2) is 5.95. The summed E-state index contributed by atoms with van der Waals surface area (Å²) in [6.07, 6.45) is 0. The number of nitrogens with zero attached hydrogens (tertiary/aromatic N) is 1. The fourth-order valence-corrected chi connectivity index (χ4v) is 2.11. The summed E-state index contributed by atoms with van der Waals surface area (Å²) < 4.78 is 6.15. The van der Waals surface area contributed by atoms with Crippen molar-refractivity contribution in [1.82, 2.24) is 0 Å². The number of nitriles is 1. The molecule has 0 aliphatic carbocycles. The number of hydrogen-bond donors (Lipinski definition) is 1. The van der Waals surface area contributed by atoms with E-state index in [4.69, 9.17) is 26.7 Å². The second-order valence-electron chi connectivity index (χ2n) is 3.80. The molecule has 1 N–H and O–H groups in total. The first-order valence-electron chi connectivity index (χ1n) is 5.41. The molecule has 0 heterocycles. The van der Waals surface area contributed by atoms with Gasteiger partial charge in [0.1, 0.15) is 23.1 Å². The van der Waals surface area contributed by atoms with E-state index in [2.05, 4.69) is 15.9 Å². The van der Waals surface area contributed by atoms with Gasteiger partial charge in [0.25, 0.3) is 0 Å². The Hall–Kier alpha value is -2.03. The van der Waals surface area contributed by atoms with Crippen LogP contribution in [0.15, 0.2) is 40.9 Å². The van der Waals surface area contributed by atoms with Crippen LogP contribution in [-0.4, -0.2) is 11.1 Å². The molecule has 0 atom stereocenters. The van der Waals surface area contributed by atoms with Gasteiger partial charge in [-0.1, -0.05) is 27.5 Å². The topological polar surface area (TPSA) is 70.3 Å². The van der Waals surface area contributed by atoms with Crippen molar-refractivity contribution in [2.24, 2.45) is 0 Å². The van der Waals surface area contributed by atoms with E-state index in [-0.39, 0.29) is 16.3 Å². The maximum absolute atomic E-state index is 11.2. The molecule has 0 aliphatic heterocycles. The molecule has 0 amide bonds. The molecule has 2 aromatic rings. The molecule has 20 heavy (non-hydrogen) atoms. The van der Waals surface area contributed by atoms with Gasteiger partial charge in [-0.15, -0.1) is 0 Å². The van der Waals surface area contributed by atoms with Crippen LogP contribution in [0.4, 0.5) is 0 Å². The average Bonchev–Trinajstić information content (AvgIpc) is 2.41. The largest absolute Gasteiger partial charge is 0.478 e.